The summed E-state index contributed by atoms with van der Waals surface area (Å²) in [5, 5.41) is 0. The van der Waals surface area contributed by atoms with Crippen LogP contribution in [0.5, 0.6) is 0 Å². The molecule has 0 bridgehead atoms. The number of rotatable bonds is 17. The Morgan fingerprint density at radius 3 is 1.39 bits per heavy atom. The molecule has 140 valence electrons. The topological polar surface area (TPSA) is 0 Å². The second kappa shape index (κ2) is 15.8. The van der Waals surface area contributed by atoms with E-state index in [1.165, 1.54) is 103 Å². The van der Waals surface area contributed by atoms with Crippen molar-refractivity contribution in [3.05, 3.63) is 0 Å². The molecule has 0 fully saturated rings. The molecule has 23 heavy (non-hydrogen) atoms. The maximum Gasteiger partial charge on any atom is 0.164 e. The fraction of sp³-hybridized carbons (Fsp3) is 1.00. The Kier molecular flexibility index (Phi) is 15.9. The number of halogens is 1. The SMILES string of the molecule is CCCCCCCCCCCCCCCC(Cl)[N+](C)(C)CCC. The van der Waals surface area contributed by atoms with Gasteiger partial charge in [-0.3, -0.25) is 0 Å². The number of nitrogens with zero attached hydrogens (tertiary/aromatic N) is 1. The molecular formula is C21H45ClN+. The summed E-state index contributed by atoms with van der Waals surface area (Å²) in [4.78, 5) is 0. The van der Waals surface area contributed by atoms with Crippen molar-refractivity contribution in [2.45, 2.75) is 116 Å². The van der Waals surface area contributed by atoms with Crippen LogP contribution in [0, 0.1) is 0 Å². The molecule has 0 aromatic rings. The van der Waals surface area contributed by atoms with Crippen LogP contribution in [0.3, 0.4) is 0 Å². The maximum absolute atomic E-state index is 6.57. The predicted octanol–water partition coefficient (Wildman–Crippen LogP) is 7.52. The van der Waals surface area contributed by atoms with Gasteiger partial charge in [0.2, 0.25) is 0 Å². The van der Waals surface area contributed by atoms with Crippen LogP contribution in [-0.2, 0) is 0 Å². The number of hydrogen-bond donors (Lipinski definition) is 0. The first-order chi connectivity index (χ1) is 11.0. The maximum atomic E-state index is 6.57. The molecule has 0 aliphatic carbocycles. The zero-order valence-corrected chi connectivity index (χ0v) is 17.5. The largest absolute Gasteiger partial charge is 0.313 e. The molecule has 0 heterocycles. The summed E-state index contributed by atoms with van der Waals surface area (Å²) in [5.74, 6) is 0. The van der Waals surface area contributed by atoms with Gasteiger partial charge in [0.15, 0.2) is 5.50 Å². The lowest BCUT2D eigenvalue weighted by molar-refractivity contribution is -0.902. The summed E-state index contributed by atoms with van der Waals surface area (Å²) in [7, 11) is 4.53. The predicted molar refractivity (Wildman–Crippen MR) is 107 cm³/mol. The summed E-state index contributed by atoms with van der Waals surface area (Å²) in [6.45, 7) is 5.72. The van der Waals surface area contributed by atoms with Gasteiger partial charge in [0.25, 0.3) is 0 Å². The van der Waals surface area contributed by atoms with E-state index in [4.69, 9.17) is 11.6 Å². The van der Waals surface area contributed by atoms with Gasteiger partial charge in [0, 0.05) is 6.42 Å². The molecule has 0 saturated carbocycles. The lowest BCUT2D eigenvalue weighted by Crippen LogP contribution is -2.46. The van der Waals surface area contributed by atoms with Gasteiger partial charge in [0.05, 0.1) is 20.6 Å². The van der Waals surface area contributed by atoms with Crippen molar-refractivity contribution >= 4 is 11.6 Å². The fourth-order valence-electron chi connectivity index (χ4n) is 3.40. The van der Waals surface area contributed by atoms with E-state index in [-0.39, 0.29) is 0 Å². The van der Waals surface area contributed by atoms with Crippen molar-refractivity contribution in [2.75, 3.05) is 20.6 Å². The van der Waals surface area contributed by atoms with Gasteiger partial charge < -0.3 is 4.48 Å². The van der Waals surface area contributed by atoms with Crippen molar-refractivity contribution in [1.29, 1.82) is 0 Å². The summed E-state index contributed by atoms with van der Waals surface area (Å²) >= 11 is 6.57. The van der Waals surface area contributed by atoms with Crippen LogP contribution in [0.1, 0.15) is 110 Å². The second-order valence-corrected chi connectivity index (χ2v) is 8.47. The molecule has 0 aliphatic rings. The van der Waals surface area contributed by atoms with Crippen LogP contribution in [0.25, 0.3) is 0 Å². The Balaban J connectivity index is 3.27. The highest BCUT2D eigenvalue weighted by molar-refractivity contribution is 6.19. The highest BCUT2D eigenvalue weighted by atomic mass is 35.5. The number of unbranched alkanes of at least 4 members (excludes halogenated alkanes) is 12. The van der Waals surface area contributed by atoms with Crippen LogP contribution in [0.4, 0.5) is 0 Å². The highest BCUT2D eigenvalue weighted by Crippen LogP contribution is 2.20. The van der Waals surface area contributed by atoms with E-state index in [2.05, 4.69) is 27.9 Å². The van der Waals surface area contributed by atoms with Crippen LogP contribution in [0.2, 0.25) is 0 Å². The van der Waals surface area contributed by atoms with E-state index >= 15 is 0 Å². The van der Waals surface area contributed by atoms with Crippen molar-refractivity contribution in [1.82, 2.24) is 0 Å². The fourth-order valence-corrected chi connectivity index (χ4v) is 3.65. The molecule has 1 unspecified atom stereocenters. The summed E-state index contributed by atoms with van der Waals surface area (Å²) in [6, 6.07) is 0. The molecule has 1 nitrogen and oxygen atoms in total. The average molecular weight is 347 g/mol. The van der Waals surface area contributed by atoms with Gasteiger partial charge in [0.1, 0.15) is 0 Å². The van der Waals surface area contributed by atoms with Gasteiger partial charge >= 0.3 is 0 Å². The van der Waals surface area contributed by atoms with E-state index in [1.807, 2.05) is 0 Å². The van der Waals surface area contributed by atoms with Crippen molar-refractivity contribution in [3.8, 4) is 0 Å². The lowest BCUT2D eigenvalue weighted by Gasteiger charge is -2.34. The first-order valence-electron chi connectivity index (χ1n) is 10.5. The van der Waals surface area contributed by atoms with Gasteiger partial charge in [-0.25, -0.2) is 0 Å². The van der Waals surface area contributed by atoms with E-state index < -0.39 is 0 Å². The minimum Gasteiger partial charge on any atom is -0.313 e. The van der Waals surface area contributed by atoms with E-state index in [9.17, 15) is 0 Å². The first kappa shape index (κ1) is 23.2. The Bertz CT molecular complexity index is 240. The van der Waals surface area contributed by atoms with Gasteiger partial charge in [-0.1, -0.05) is 102 Å². The normalized spacial score (nSPS) is 13.4. The Labute approximate surface area is 152 Å². The Morgan fingerprint density at radius 1 is 0.609 bits per heavy atom. The summed E-state index contributed by atoms with van der Waals surface area (Å²) in [6.07, 6.45) is 20.9. The molecule has 0 aliphatic heterocycles. The minimum atomic E-state index is 0.294. The van der Waals surface area contributed by atoms with Crippen molar-refractivity contribution < 1.29 is 4.48 Å². The number of quaternary nitrogens is 1. The first-order valence-corrected chi connectivity index (χ1v) is 10.9. The Morgan fingerprint density at radius 2 is 1.00 bits per heavy atom. The van der Waals surface area contributed by atoms with Crippen LogP contribution < -0.4 is 0 Å². The second-order valence-electron chi connectivity index (χ2n) is 7.97. The standard InChI is InChI=1S/C21H45ClN/c1-5-7-8-9-10-11-12-13-14-15-16-17-18-19-21(22)23(3,4)20-6-2/h21H,5-20H2,1-4H3/q+1. The molecule has 0 amide bonds. The van der Waals surface area contributed by atoms with Crippen LogP contribution in [0.15, 0.2) is 0 Å². The number of alkyl halides is 1. The Hall–Kier alpha value is 0.250. The third kappa shape index (κ3) is 14.3. The molecule has 0 spiro atoms. The minimum absolute atomic E-state index is 0.294. The van der Waals surface area contributed by atoms with Crippen molar-refractivity contribution in [2.24, 2.45) is 0 Å². The van der Waals surface area contributed by atoms with Crippen molar-refractivity contribution in [3.63, 3.8) is 0 Å². The number of hydrogen-bond acceptors (Lipinski definition) is 0. The molecule has 0 aromatic heterocycles. The molecule has 0 aromatic carbocycles. The van der Waals surface area contributed by atoms with E-state index in [0.717, 1.165) is 4.48 Å². The molecule has 0 N–H and O–H groups in total. The third-order valence-corrected chi connectivity index (χ3v) is 5.85. The van der Waals surface area contributed by atoms with E-state index in [1.54, 1.807) is 0 Å². The molecule has 0 radical (unpaired) electrons. The molecule has 2 heteroatoms. The lowest BCUT2D eigenvalue weighted by atomic mass is 10.0. The van der Waals surface area contributed by atoms with Crippen LogP contribution in [-0.4, -0.2) is 30.6 Å². The molecule has 0 saturated heterocycles. The zero-order valence-electron chi connectivity index (χ0n) is 16.7. The van der Waals surface area contributed by atoms with Crippen LogP contribution >= 0.6 is 11.6 Å². The summed E-state index contributed by atoms with van der Waals surface area (Å²) < 4.78 is 0.969. The zero-order chi connectivity index (χ0) is 17.4. The van der Waals surface area contributed by atoms with E-state index in [0.29, 0.717) is 5.50 Å². The monoisotopic (exact) mass is 346 g/mol. The highest BCUT2D eigenvalue weighted by Gasteiger charge is 2.24. The summed E-state index contributed by atoms with van der Waals surface area (Å²) in [5.41, 5.74) is 0.294. The van der Waals surface area contributed by atoms with Gasteiger partial charge in [-0.2, -0.15) is 0 Å². The molecular weight excluding hydrogens is 302 g/mol. The third-order valence-electron chi connectivity index (χ3n) is 5.10. The molecule has 1 atom stereocenters. The quantitative estimate of drug-likeness (QED) is 0.110. The average Bonchev–Trinajstić information content (AvgIpc) is 2.51. The molecule has 0 rings (SSSR count). The smallest absolute Gasteiger partial charge is 0.164 e. The van der Waals surface area contributed by atoms with Gasteiger partial charge in [-0.15, -0.1) is 0 Å². The van der Waals surface area contributed by atoms with Gasteiger partial charge in [-0.05, 0) is 12.8 Å².